The summed E-state index contributed by atoms with van der Waals surface area (Å²) in [5, 5.41) is 0.812. The molecule has 0 amide bonds. The number of carbonyl (C=O) groups is 2. The van der Waals surface area contributed by atoms with Crippen molar-refractivity contribution in [1.29, 1.82) is 0 Å². The van der Waals surface area contributed by atoms with Gasteiger partial charge < -0.3 is 9.72 Å². The Labute approximate surface area is 178 Å². The molecule has 5 rings (SSSR count). The van der Waals surface area contributed by atoms with Gasteiger partial charge in [0.15, 0.2) is 6.61 Å². The molecule has 0 aliphatic heterocycles. The van der Waals surface area contributed by atoms with Crippen LogP contribution in [0.25, 0.3) is 27.6 Å². The molecule has 0 aliphatic rings. The molecule has 0 saturated carbocycles. The maximum atomic E-state index is 12.6. The highest BCUT2D eigenvalue weighted by molar-refractivity contribution is 6.09. The van der Waals surface area contributed by atoms with Crippen LogP contribution in [0.1, 0.15) is 26.5 Å². The average molecular weight is 409 g/mol. The highest BCUT2D eigenvalue weighted by Gasteiger charge is 2.17. The molecule has 0 aliphatic carbocycles. The zero-order chi connectivity index (χ0) is 21.4. The van der Waals surface area contributed by atoms with Crippen molar-refractivity contribution in [3.8, 4) is 5.69 Å². The summed E-state index contributed by atoms with van der Waals surface area (Å²) < 4.78 is 7.33. The summed E-state index contributed by atoms with van der Waals surface area (Å²) in [5.41, 5.74) is 4.33. The van der Waals surface area contributed by atoms with Crippen LogP contribution in [0.15, 0.2) is 79.0 Å². The summed E-state index contributed by atoms with van der Waals surface area (Å²) in [4.78, 5) is 32.8. The third-order valence-corrected chi connectivity index (χ3v) is 5.30. The molecule has 0 atom stereocenters. The number of ketones is 1. The Morgan fingerprint density at radius 2 is 1.77 bits per heavy atom. The SMILES string of the molecule is Cc1nc2cc(C(=O)OCC(=O)c3c[nH]c4ccccc34)ccc2n1-c1ccccc1. The van der Waals surface area contributed by atoms with Gasteiger partial charge in [-0.15, -0.1) is 0 Å². The minimum Gasteiger partial charge on any atom is -0.454 e. The summed E-state index contributed by atoms with van der Waals surface area (Å²) in [7, 11) is 0. The quantitative estimate of drug-likeness (QED) is 0.332. The number of nitrogens with zero attached hydrogens (tertiary/aromatic N) is 2. The van der Waals surface area contributed by atoms with Crippen LogP contribution in [-0.4, -0.2) is 32.9 Å². The minimum absolute atomic E-state index is 0.254. The zero-order valence-electron chi connectivity index (χ0n) is 16.8. The summed E-state index contributed by atoms with van der Waals surface area (Å²) in [6, 6.07) is 22.7. The number of ether oxygens (including phenoxy) is 1. The number of nitrogens with one attached hydrogen (secondary N) is 1. The number of H-pyrrole nitrogens is 1. The summed E-state index contributed by atoms with van der Waals surface area (Å²) >= 11 is 0. The maximum absolute atomic E-state index is 12.6. The number of hydrogen-bond donors (Lipinski definition) is 1. The number of carbonyl (C=O) groups excluding carboxylic acids is 2. The first-order valence-corrected chi connectivity index (χ1v) is 9.93. The van der Waals surface area contributed by atoms with Crippen LogP contribution in [0.4, 0.5) is 0 Å². The number of Topliss-reactive ketones (excluding diaryl/α,β-unsaturated/α-hetero) is 1. The van der Waals surface area contributed by atoms with Gasteiger partial charge in [-0.25, -0.2) is 9.78 Å². The summed E-state index contributed by atoms with van der Waals surface area (Å²) in [6.45, 7) is 1.60. The normalized spacial score (nSPS) is 11.1. The van der Waals surface area contributed by atoms with E-state index in [1.807, 2.05) is 72.2 Å². The lowest BCUT2D eigenvalue weighted by Gasteiger charge is -2.07. The molecule has 152 valence electrons. The number of benzene rings is 3. The average Bonchev–Trinajstić information content (AvgIpc) is 3.37. The smallest absolute Gasteiger partial charge is 0.338 e. The van der Waals surface area contributed by atoms with Gasteiger partial charge in [0.2, 0.25) is 5.78 Å². The minimum atomic E-state index is -0.554. The predicted octanol–water partition coefficient (Wildman–Crippen LogP) is 4.85. The number of para-hydroxylation sites is 2. The van der Waals surface area contributed by atoms with Crippen LogP contribution in [0.2, 0.25) is 0 Å². The molecule has 0 bridgehead atoms. The van der Waals surface area contributed by atoms with Crippen LogP contribution in [0.3, 0.4) is 0 Å². The Balaban J connectivity index is 1.36. The number of aromatic nitrogens is 3. The van der Waals surface area contributed by atoms with Crippen molar-refractivity contribution < 1.29 is 14.3 Å². The fraction of sp³-hybridized carbons (Fsp3) is 0.0800. The molecule has 0 unspecified atom stereocenters. The van der Waals surface area contributed by atoms with E-state index in [2.05, 4.69) is 9.97 Å². The third-order valence-electron chi connectivity index (χ3n) is 5.30. The maximum Gasteiger partial charge on any atom is 0.338 e. The second kappa shape index (κ2) is 7.57. The predicted molar refractivity (Wildman–Crippen MR) is 119 cm³/mol. The van der Waals surface area contributed by atoms with Crippen molar-refractivity contribution in [3.05, 3.63) is 95.9 Å². The molecule has 1 N–H and O–H groups in total. The Kier molecular flexibility index (Phi) is 4.59. The highest BCUT2D eigenvalue weighted by atomic mass is 16.5. The van der Waals surface area contributed by atoms with Crippen molar-refractivity contribution in [2.45, 2.75) is 6.92 Å². The van der Waals surface area contributed by atoms with Gasteiger partial charge in [-0.3, -0.25) is 9.36 Å². The number of aryl methyl sites for hydroxylation is 1. The molecule has 0 fully saturated rings. The molecule has 2 aromatic heterocycles. The number of rotatable bonds is 5. The van der Waals surface area contributed by atoms with Crippen molar-refractivity contribution in [2.75, 3.05) is 6.61 Å². The van der Waals surface area contributed by atoms with Crippen LogP contribution in [-0.2, 0) is 4.74 Å². The summed E-state index contributed by atoms with van der Waals surface area (Å²) in [6.07, 6.45) is 1.64. The van der Waals surface area contributed by atoms with Crippen LogP contribution in [0, 0.1) is 6.92 Å². The van der Waals surface area contributed by atoms with Gasteiger partial charge in [0.1, 0.15) is 5.82 Å². The van der Waals surface area contributed by atoms with E-state index >= 15 is 0 Å². The molecule has 2 heterocycles. The van der Waals surface area contributed by atoms with E-state index < -0.39 is 5.97 Å². The lowest BCUT2D eigenvalue weighted by Crippen LogP contribution is -2.14. The number of fused-ring (bicyclic) bond motifs is 2. The highest BCUT2D eigenvalue weighted by Crippen LogP contribution is 2.23. The van der Waals surface area contributed by atoms with E-state index in [9.17, 15) is 9.59 Å². The van der Waals surface area contributed by atoms with E-state index in [-0.39, 0.29) is 12.4 Å². The van der Waals surface area contributed by atoms with Gasteiger partial charge in [-0.2, -0.15) is 0 Å². The van der Waals surface area contributed by atoms with E-state index in [0.717, 1.165) is 27.9 Å². The van der Waals surface area contributed by atoms with E-state index in [1.54, 1.807) is 18.3 Å². The monoisotopic (exact) mass is 409 g/mol. The van der Waals surface area contributed by atoms with Crippen molar-refractivity contribution in [3.63, 3.8) is 0 Å². The van der Waals surface area contributed by atoms with Gasteiger partial charge in [0.25, 0.3) is 0 Å². The van der Waals surface area contributed by atoms with Crippen LogP contribution in [0.5, 0.6) is 0 Å². The fourth-order valence-corrected chi connectivity index (χ4v) is 3.83. The van der Waals surface area contributed by atoms with E-state index in [4.69, 9.17) is 4.74 Å². The van der Waals surface area contributed by atoms with Crippen molar-refractivity contribution in [2.24, 2.45) is 0 Å². The van der Waals surface area contributed by atoms with Gasteiger partial charge in [-0.1, -0.05) is 36.4 Å². The molecular formula is C25H19N3O3. The number of aromatic amines is 1. The molecule has 6 nitrogen and oxygen atoms in total. The standard InChI is InChI=1S/C25H19N3O3/c1-16-27-22-13-17(11-12-23(22)28(16)18-7-3-2-4-8-18)25(30)31-15-24(29)20-14-26-21-10-6-5-9-19(20)21/h2-14,26H,15H2,1H3. The number of hydrogen-bond acceptors (Lipinski definition) is 4. The van der Waals surface area contributed by atoms with Gasteiger partial charge in [-0.05, 0) is 43.3 Å². The first-order valence-electron chi connectivity index (χ1n) is 9.93. The second-order valence-electron chi connectivity index (χ2n) is 7.28. The third kappa shape index (κ3) is 3.38. The van der Waals surface area contributed by atoms with Gasteiger partial charge in [0.05, 0.1) is 16.6 Å². The number of esters is 1. The lowest BCUT2D eigenvalue weighted by atomic mass is 10.1. The van der Waals surface area contributed by atoms with Gasteiger partial charge in [0, 0.05) is 28.4 Å². The molecular weight excluding hydrogens is 390 g/mol. The van der Waals surface area contributed by atoms with Gasteiger partial charge >= 0.3 is 5.97 Å². The molecule has 0 saturated heterocycles. The van der Waals surface area contributed by atoms with E-state index in [0.29, 0.717) is 16.6 Å². The molecule has 31 heavy (non-hydrogen) atoms. The zero-order valence-corrected chi connectivity index (χ0v) is 16.8. The van der Waals surface area contributed by atoms with E-state index in [1.165, 1.54) is 0 Å². The lowest BCUT2D eigenvalue weighted by molar-refractivity contribution is 0.0475. The Hall–Kier alpha value is -4.19. The molecule has 0 radical (unpaired) electrons. The Bertz CT molecular complexity index is 1430. The largest absolute Gasteiger partial charge is 0.454 e. The molecule has 6 heteroatoms. The molecule has 3 aromatic carbocycles. The Morgan fingerprint density at radius 1 is 1.00 bits per heavy atom. The van der Waals surface area contributed by atoms with Crippen molar-refractivity contribution >= 4 is 33.7 Å². The fourth-order valence-electron chi connectivity index (χ4n) is 3.83. The van der Waals surface area contributed by atoms with Crippen LogP contribution >= 0.6 is 0 Å². The first-order chi connectivity index (χ1) is 15.1. The second-order valence-corrected chi connectivity index (χ2v) is 7.28. The first kappa shape index (κ1) is 18.8. The topological polar surface area (TPSA) is 77.0 Å². The number of imidazole rings is 1. The molecule has 5 aromatic rings. The molecule has 0 spiro atoms. The summed E-state index contributed by atoms with van der Waals surface area (Å²) in [5.74, 6) is 0.0133. The Morgan fingerprint density at radius 3 is 2.61 bits per heavy atom. The van der Waals surface area contributed by atoms with Crippen LogP contribution < -0.4 is 0 Å². The van der Waals surface area contributed by atoms with Crippen molar-refractivity contribution in [1.82, 2.24) is 14.5 Å².